The quantitative estimate of drug-likeness (QED) is 0.774. The molecule has 0 aromatic heterocycles. The smallest absolute Gasteiger partial charge is 0.222 e. The monoisotopic (exact) mass is 241 g/mol. The van der Waals surface area contributed by atoms with Crippen LogP contribution in [-0.2, 0) is 4.79 Å². The molecule has 0 bridgehead atoms. The van der Waals surface area contributed by atoms with E-state index in [1.54, 1.807) is 0 Å². The van der Waals surface area contributed by atoms with Crippen LogP contribution in [0.4, 0.5) is 0 Å². The molecule has 0 saturated carbocycles. The van der Waals surface area contributed by atoms with E-state index in [0.29, 0.717) is 10.8 Å². The van der Waals surface area contributed by atoms with E-state index < -0.39 is 0 Å². The summed E-state index contributed by atoms with van der Waals surface area (Å²) in [5, 5.41) is 3.04. The molecule has 0 aliphatic heterocycles. The third-order valence-corrected chi connectivity index (χ3v) is 2.95. The number of amides is 1. The maximum Gasteiger partial charge on any atom is 0.222 e. The summed E-state index contributed by atoms with van der Waals surface area (Å²) in [5.74, 6) is 0.340. The van der Waals surface area contributed by atoms with Gasteiger partial charge in [0, 0.05) is 12.5 Å². The lowest BCUT2D eigenvalue weighted by atomic mass is 9.87. The second-order valence-corrected chi connectivity index (χ2v) is 7.60. The lowest BCUT2D eigenvalue weighted by molar-refractivity contribution is -0.124. The van der Waals surface area contributed by atoms with Crippen LogP contribution in [0.1, 0.15) is 67.7 Å². The first-order chi connectivity index (χ1) is 7.51. The summed E-state index contributed by atoms with van der Waals surface area (Å²) in [4.78, 5) is 11.8. The minimum absolute atomic E-state index is 0.134. The van der Waals surface area contributed by atoms with E-state index in [4.69, 9.17) is 0 Å². The Labute approximate surface area is 108 Å². The second-order valence-electron chi connectivity index (χ2n) is 7.60. The van der Waals surface area contributed by atoms with E-state index in [0.717, 1.165) is 25.8 Å². The Bertz CT molecular complexity index is 232. The first kappa shape index (κ1) is 16.5. The van der Waals surface area contributed by atoms with Crippen molar-refractivity contribution in [2.24, 2.45) is 16.7 Å². The zero-order valence-corrected chi connectivity index (χ0v) is 12.8. The van der Waals surface area contributed by atoms with Crippen LogP contribution in [0.15, 0.2) is 0 Å². The molecule has 0 aromatic rings. The topological polar surface area (TPSA) is 29.1 Å². The van der Waals surface area contributed by atoms with E-state index in [2.05, 4.69) is 46.9 Å². The number of nitrogens with one attached hydrogen (secondary N) is 1. The molecule has 0 fully saturated rings. The summed E-state index contributed by atoms with van der Waals surface area (Å²) < 4.78 is 0. The zero-order valence-electron chi connectivity index (χ0n) is 12.8. The molecule has 2 heteroatoms. The molecule has 0 aromatic carbocycles. The summed E-state index contributed by atoms with van der Waals surface area (Å²) >= 11 is 0. The standard InChI is InChI=1S/C15H31NO/c1-12(8-9-14(2,3)4)13(17)16-11-10-15(5,6)7/h12H,8-11H2,1-7H3,(H,16,17)/t12-/m1/s1. The first-order valence-electron chi connectivity index (χ1n) is 6.79. The predicted octanol–water partition coefficient (Wildman–Crippen LogP) is 4.00. The van der Waals surface area contributed by atoms with Crippen molar-refractivity contribution in [3.8, 4) is 0 Å². The molecule has 1 amide bonds. The molecule has 0 radical (unpaired) electrons. The van der Waals surface area contributed by atoms with Gasteiger partial charge in [0.25, 0.3) is 0 Å². The molecule has 17 heavy (non-hydrogen) atoms. The van der Waals surface area contributed by atoms with Crippen LogP contribution in [0.25, 0.3) is 0 Å². The van der Waals surface area contributed by atoms with Crippen molar-refractivity contribution in [3.05, 3.63) is 0 Å². The van der Waals surface area contributed by atoms with E-state index in [9.17, 15) is 4.79 Å². The van der Waals surface area contributed by atoms with Gasteiger partial charge >= 0.3 is 0 Å². The largest absolute Gasteiger partial charge is 0.356 e. The van der Waals surface area contributed by atoms with Crippen molar-refractivity contribution in [1.82, 2.24) is 5.32 Å². The molecule has 1 N–H and O–H groups in total. The van der Waals surface area contributed by atoms with Crippen LogP contribution in [0.3, 0.4) is 0 Å². The van der Waals surface area contributed by atoms with Gasteiger partial charge in [0.15, 0.2) is 0 Å². The van der Waals surface area contributed by atoms with Crippen molar-refractivity contribution >= 4 is 5.91 Å². The molecule has 0 spiro atoms. The van der Waals surface area contributed by atoms with E-state index in [1.807, 2.05) is 6.92 Å². The van der Waals surface area contributed by atoms with Gasteiger partial charge in [0.1, 0.15) is 0 Å². The van der Waals surface area contributed by atoms with Crippen molar-refractivity contribution in [1.29, 1.82) is 0 Å². The van der Waals surface area contributed by atoms with Gasteiger partial charge in [-0.05, 0) is 30.1 Å². The molecule has 0 rings (SSSR count). The van der Waals surface area contributed by atoms with Crippen LogP contribution in [0.5, 0.6) is 0 Å². The summed E-state index contributed by atoms with van der Waals surface area (Å²) in [6, 6.07) is 0. The third-order valence-electron chi connectivity index (χ3n) is 2.95. The lowest BCUT2D eigenvalue weighted by Gasteiger charge is -2.22. The molecule has 0 unspecified atom stereocenters. The highest BCUT2D eigenvalue weighted by Crippen LogP contribution is 2.23. The molecule has 102 valence electrons. The minimum atomic E-state index is 0.134. The highest BCUT2D eigenvalue weighted by atomic mass is 16.1. The molecule has 0 saturated heterocycles. The first-order valence-corrected chi connectivity index (χ1v) is 6.79. The van der Waals surface area contributed by atoms with E-state index >= 15 is 0 Å². The average Bonchev–Trinajstić information content (AvgIpc) is 2.10. The fourth-order valence-electron chi connectivity index (χ4n) is 1.52. The molecule has 0 aliphatic carbocycles. The van der Waals surface area contributed by atoms with Gasteiger partial charge in [0.05, 0.1) is 0 Å². The second kappa shape index (κ2) is 6.42. The van der Waals surface area contributed by atoms with Crippen LogP contribution in [0, 0.1) is 16.7 Å². The SMILES string of the molecule is C[C@H](CCC(C)(C)C)C(=O)NCCC(C)(C)C. The molecule has 0 aliphatic rings. The van der Waals surface area contributed by atoms with Gasteiger partial charge in [-0.15, -0.1) is 0 Å². The van der Waals surface area contributed by atoms with E-state index in [1.165, 1.54) is 0 Å². The molecular weight excluding hydrogens is 210 g/mol. The zero-order chi connectivity index (χ0) is 13.7. The average molecular weight is 241 g/mol. The number of rotatable bonds is 5. The maximum atomic E-state index is 11.8. The maximum absolute atomic E-state index is 11.8. The minimum Gasteiger partial charge on any atom is -0.356 e. The van der Waals surface area contributed by atoms with Gasteiger partial charge in [-0.2, -0.15) is 0 Å². The Morgan fingerprint density at radius 1 is 1.00 bits per heavy atom. The molecule has 0 heterocycles. The van der Waals surface area contributed by atoms with Crippen LogP contribution >= 0.6 is 0 Å². The Hall–Kier alpha value is -0.530. The van der Waals surface area contributed by atoms with Gasteiger partial charge < -0.3 is 5.32 Å². The van der Waals surface area contributed by atoms with Crippen molar-refractivity contribution in [2.45, 2.75) is 67.7 Å². The Balaban J connectivity index is 3.83. The number of carbonyl (C=O) groups excluding carboxylic acids is 1. The van der Waals surface area contributed by atoms with Crippen molar-refractivity contribution < 1.29 is 4.79 Å². The van der Waals surface area contributed by atoms with Gasteiger partial charge in [-0.1, -0.05) is 48.5 Å². The van der Waals surface area contributed by atoms with Crippen LogP contribution in [0.2, 0.25) is 0 Å². The molecular formula is C15H31NO. The Morgan fingerprint density at radius 2 is 1.47 bits per heavy atom. The number of hydrogen-bond donors (Lipinski definition) is 1. The number of carbonyl (C=O) groups is 1. The van der Waals surface area contributed by atoms with Gasteiger partial charge in [-0.3, -0.25) is 4.79 Å². The fourth-order valence-corrected chi connectivity index (χ4v) is 1.52. The third kappa shape index (κ3) is 10.3. The summed E-state index contributed by atoms with van der Waals surface area (Å²) in [5.41, 5.74) is 0.613. The summed E-state index contributed by atoms with van der Waals surface area (Å²) in [6.07, 6.45) is 3.11. The van der Waals surface area contributed by atoms with E-state index in [-0.39, 0.29) is 11.8 Å². The fraction of sp³-hybridized carbons (Fsp3) is 0.933. The Kier molecular flexibility index (Phi) is 6.22. The van der Waals surface area contributed by atoms with Gasteiger partial charge in [-0.25, -0.2) is 0 Å². The summed E-state index contributed by atoms with van der Waals surface area (Å²) in [7, 11) is 0. The highest BCUT2D eigenvalue weighted by Gasteiger charge is 2.18. The van der Waals surface area contributed by atoms with Gasteiger partial charge in [0.2, 0.25) is 5.91 Å². The number of hydrogen-bond acceptors (Lipinski definition) is 1. The van der Waals surface area contributed by atoms with Crippen molar-refractivity contribution in [3.63, 3.8) is 0 Å². The lowest BCUT2D eigenvalue weighted by Crippen LogP contribution is -2.32. The molecule has 2 nitrogen and oxygen atoms in total. The Morgan fingerprint density at radius 3 is 1.88 bits per heavy atom. The normalized spacial score (nSPS) is 14.5. The van der Waals surface area contributed by atoms with Crippen molar-refractivity contribution in [2.75, 3.05) is 6.54 Å². The van der Waals surface area contributed by atoms with Crippen LogP contribution in [-0.4, -0.2) is 12.5 Å². The molecule has 1 atom stereocenters. The highest BCUT2D eigenvalue weighted by molar-refractivity contribution is 5.78. The van der Waals surface area contributed by atoms with Crippen LogP contribution < -0.4 is 5.32 Å². The predicted molar refractivity (Wildman–Crippen MR) is 74.9 cm³/mol. The summed E-state index contributed by atoms with van der Waals surface area (Å²) in [6.45, 7) is 16.1.